The lowest BCUT2D eigenvalue weighted by Gasteiger charge is -2.14. The van der Waals surface area contributed by atoms with Crippen LogP contribution in [0.5, 0.6) is 0 Å². The SMILES string of the molecule is C=C(N=C(N=C(C)n1c2ccccc2c2ccc3c(c21)[C@H](C)c1ccccc1-3)c1ccccc1)c1ccccc1. The summed E-state index contributed by atoms with van der Waals surface area (Å²) in [6.07, 6.45) is 0. The molecule has 0 spiro atoms. The molecule has 0 radical (unpaired) electrons. The van der Waals surface area contributed by atoms with Gasteiger partial charge in [-0.25, -0.2) is 9.98 Å². The summed E-state index contributed by atoms with van der Waals surface area (Å²) in [5.41, 5.74) is 10.3. The lowest BCUT2D eigenvalue weighted by Crippen LogP contribution is -2.12. The van der Waals surface area contributed by atoms with Gasteiger partial charge in [0, 0.05) is 22.3 Å². The third-order valence-corrected chi connectivity index (χ3v) is 8.00. The molecule has 1 heterocycles. The number of fused-ring (bicyclic) bond motifs is 7. The molecule has 3 heteroatoms. The van der Waals surface area contributed by atoms with E-state index in [4.69, 9.17) is 9.98 Å². The minimum absolute atomic E-state index is 0.283. The van der Waals surface area contributed by atoms with E-state index in [0.717, 1.165) is 22.5 Å². The van der Waals surface area contributed by atoms with Crippen LogP contribution in [-0.2, 0) is 0 Å². The van der Waals surface area contributed by atoms with Crippen LogP contribution in [0.15, 0.2) is 138 Å². The Kier molecular flexibility index (Phi) is 5.78. The normalized spacial score (nSPS) is 14.9. The summed E-state index contributed by atoms with van der Waals surface area (Å²) in [4.78, 5) is 10.2. The summed E-state index contributed by atoms with van der Waals surface area (Å²) in [5, 5.41) is 2.47. The molecule has 0 unspecified atom stereocenters. The molecule has 1 aliphatic rings. The summed E-state index contributed by atoms with van der Waals surface area (Å²) < 4.78 is 2.33. The van der Waals surface area contributed by atoms with Crippen LogP contribution in [-0.4, -0.2) is 16.2 Å². The highest BCUT2D eigenvalue weighted by Crippen LogP contribution is 2.49. The third-order valence-electron chi connectivity index (χ3n) is 8.00. The van der Waals surface area contributed by atoms with Crippen molar-refractivity contribution in [2.45, 2.75) is 19.8 Å². The number of amidine groups is 1. The second-order valence-electron chi connectivity index (χ2n) is 10.4. The Morgan fingerprint density at radius 2 is 1.30 bits per heavy atom. The Labute approximate surface area is 234 Å². The Morgan fingerprint density at radius 1 is 0.650 bits per heavy atom. The van der Waals surface area contributed by atoms with Crippen LogP contribution in [0.4, 0.5) is 0 Å². The van der Waals surface area contributed by atoms with Crippen molar-refractivity contribution in [3.05, 3.63) is 150 Å². The van der Waals surface area contributed by atoms with Gasteiger partial charge >= 0.3 is 0 Å². The molecule has 0 saturated carbocycles. The van der Waals surface area contributed by atoms with Gasteiger partial charge in [0.1, 0.15) is 5.84 Å². The van der Waals surface area contributed by atoms with Gasteiger partial charge in [-0.15, -0.1) is 0 Å². The van der Waals surface area contributed by atoms with E-state index >= 15 is 0 Å². The Hall–Kier alpha value is -5.02. The lowest BCUT2D eigenvalue weighted by molar-refractivity contribution is 0.959. The first-order chi connectivity index (χ1) is 19.6. The molecular weight excluding hydrogens is 486 g/mol. The molecule has 1 aromatic heterocycles. The van der Waals surface area contributed by atoms with Crippen molar-refractivity contribution in [2.24, 2.45) is 9.98 Å². The van der Waals surface area contributed by atoms with Gasteiger partial charge in [-0.2, -0.15) is 0 Å². The Balaban J connectivity index is 1.48. The maximum Gasteiger partial charge on any atom is 0.161 e. The van der Waals surface area contributed by atoms with Gasteiger partial charge in [-0.05, 0) is 40.8 Å². The van der Waals surface area contributed by atoms with Gasteiger partial charge in [0.2, 0.25) is 0 Å². The van der Waals surface area contributed by atoms with E-state index in [-0.39, 0.29) is 5.92 Å². The molecular formula is C37H29N3. The number of benzene rings is 5. The van der Waals surface area contributed by atoms with Crippen molar-refractivity contribution < 1.29 is 0 Å². The monoisotopic (exact) mass is 515 g/mol. The molecule has 7 rings (SSSR count). The number of para-hydroxylation sites is 1. The molecule has 0 aliphatic heterocycles. The Morgan fingerprint density at radius 3 is 2.08 bits per heavy atom. The van der Waals surface area contributed by atoms with Crippen molar-refractivity contribution in [1.29, 1.82) is 0 Å². The molecule has 192 valence electrons. The summed E-state index contributed by atoms with van der Waals surface area (Å²) in [6, 6.07) is 42.2. The molecule has 0 fully saturated rings. The molecule has 40 heavy (non-hydrogen) atoms. The second-order valence-corrected chi connectivity index (χ2v) is 10.4. The standard InChI is InChI=1S/C37H29N3/c1-24-29-18-10-11-19-30(29)32-22-23-33-31-20-12-13-21-34(31)40(36(33)35(24)32)26(3)39-37(28-16-8-5-9-17-28)38-25(2)27-14-6-4-7-15-27/h4-24H,2H2,1,3H3/t24-/m1/s1. The molecule has 0 bridgehead atoms. The van der Waals surface area contributed by atoms with Crippen molar-refractivity contribution in [2.75, 3.05) is 0 Å². The quantitative estimate of drug-likeness (QED) is 0.166. The summed E-state index contributed by atoms with van der Waals surface area (Å²) in [7, 11) is 0. The van der Waals surface area contributed by atoms with Crippen LogP contribution in [0.3, 0.4) is 0 Å². The summed E-state index contributed by atoms with van der Waals surface area (Å²) in [6.45, 7) is 8.68. The van der Waals surface area contributed by atoms with Crippen molar-refractivity contribution in [1.82, 2.24) is 4.57 Å². The second kappa shape index (κ2) is 9.62. The van der Waals surface area contributed by atoms with Gasteiger partial charge in [0.25, 0.3) is 0 Å². The van der Waals surface area contributed by atoms with Gasteiger partial charge in [0.05, 0.1) is 16.7 Å². The first-order valence-corrected chi connectivity index (χ1v) is 13.7. The largest absolute Gasteiger partial charge is 0.297 e. The van der Waals surface area contributed by atoms with E-state index in [1.165, 1.54) is 38.5 Å². The average Bonchev–Trinajstić information content (AvgIpc) is 3.50. The predicted molar refractivity (Wildman–Crippen MR) is 169 cm³/mol. The topological polar surface area (TPSA) is 29.6 Å². The van der Waals surface area contributed by atoms with Crippen LogP contribution in [0.2, 0.25) is 0 Å². The minimum Gasteiger partial charge on any atom is -0.297 e. The summed E-state index contributed by atoms with van der Waals surface area (Å²) in [5.74, 6) is 1.79. The molecule has 0 N–H and O–H groups in total. The summed E-state index contributed by atoms with van der Waals surface area (Å²) >= 11 is 0. The van der Waals surface area contributed by atoms with Gasteiger partial charge in [0.15, 0.2) is 5.84 Å². The maximum absolute atomic E-state index is 5.22. The van der Waals surface area contributed by atoms with E-state index in [1.807, 2.05) is 48.5 Å². The molecule has 5 aromatic carbocycles. The van der Waals surface area contributed by atoms with Crippen LogP contribution < -0.4 is 0 Å². The fourth-order valence-electron chi connectivity index (χ4n) is 6.14. The maximum atomic E-state index is 5.22. The van der Waals surface area contributed by atoms with E-state index < -0.39 is 0 Å². The van der Waals surface area contributed by atoms with Gasteiger partial charge in [-0.1, -0.05) is 129 Å². The van der Waals surface area contributed by atoms with Gasteiger partial charge < -0.3 is 0 Å². The first-order valence-electron chi connectivity index (χ1n) is 13.7. The smallest absolute Gasteiger partial charge is 0.161 e. The van der Waals surface area contributed by atoms with Crippen LogP contribution in [0.25, 0.3) is 38.6 Å². The minimum atomic E-state index is 0.283. The fourth-order valence-corrected chi connectivity index (χ4v) is 6.14. The molecule has 0 saturated heterocycles. The number of hydrogen-bond donors (Lipinski definition) is 0. The number of rotatable bonds is 3. The Bertz CT molecular complexity index is 1980. The van der Waals surface area contributed by atoms with Crippen molar-refractivity contribution >= 4 is 39.2 Å². The number of aromatic nitrogens is 1. The number of aliphatic imine (C=N–C) groups is 2. The highest BCUT2D eigenvalue weighted by Gasteiger charge is 2.30. The van der Waals surface area contributed by atoms with Crippen LogP contribution in [0.1, 0.15) is 42.0 Å². The number of nitrogens with zero attached hydrogens (tertiary/aromatic N) is 3. The molecule has 0 amide bonds. The molecule has 1 atom stereocenters. The molecule has 6 aromatic rings. The van der Waals surface area contributed by atoms with E-state index in [2.05, 4.69) is 97.8 Å². The zero-order valence-corrected chi connectivity index (χ0v) is 22.7. The highest BCUT2D eigenvalue weighted by atomic mass is 15.1. The van der Waals surface area contributed by atoms with Gasteiger partial charge in [-0.3, -0.25) is 4.57 Å². The van der Waals surface area contributed by atoms with E-state index in [0.29, 0.717) is 11.5 Å². The van der Waals surface area contributed by atoms with E-state index in [9.17, 15) is 0 Å². The van der Waals surface area contributed by atoms with Crippen LogP contribution in [0, 0.1) is 0 Å². The molecule has 1 aliphatic carbocycles. The van der Waals surface area contributed by atoms with E-state index in [1.54, 1.807) is 0 Å². The number of hydrogen-bond acceptors (Lipinski definition) is 1. The average molecular weight is 516 g/mol. The highest BCUT2D eigenvalue weighted by molar-refractivity contribution is 6.18. The predicted octanol–water partition coefficient (Wildman–Crippen LogP) is 9.31. The van der Waals surface area contributed by atoms with Crippen LogP contribution >= 0.6 is 0 Å². The van der Waals surface area contributed by atoms with Crippen molar-refractivity contribution in [3.8, 4) is 11.1 Å². The lowest BCUT2D eigenvalue weighted by atomic mass is 9.97. The zero-order chi connectivity index (χ0) is 27.2. The van der Waals surface area contributed by atoms with Crippen molar-refractivity contribution in [3.63, 3.8) is 0 Å². The zero-order valence-electron chi connectivity index (χ0n) is 22.7. The third kappa shape index (κ3) is 3.82. The molecule has 3 nitrogen and oxygen atoms in total. The first kappa shape index (κ1) is 24.1. The fraction of sp³-hybridized carbons (Fsp3) is 0.0811.